The van der Waals surface area contributed by atoms with Crippen molar-refractivity contribution in [1.82, 2.24) is 0 Å². The largest absolute Gasteiger partial charge is 0.496 e. The minimum Gasteiger partial charge on any atom is -0.496 e. The lowest BCUT2D eigenvalue weighted by Gasteiger charge is -2.08. The Morgan fingerprint density at radius 1 is 1.38 bits per heavy atom. The zero-order chi connectivity index (χ0) is 10.0. The summed E-state index contributed by atoms with van der Waals surface area (Å²) in [5.74, 6) is -1.29. The fourth-order valence-electron chi connectivity index (χ4n) is 0.942. The highest BCUT2D eigenvalue weighted by Gasteiger charge is 2.19. The molecule has 1 nitrogen and oxygen atoms in total. The monoisotopic (exact) mass is 210 g/mol. The van der Waals surface area contributed by atoms with E-state index < -0.39 is 17.8 Å². The lowest BCUT2D eigenvalue weighted by Crippen LogP contribution is -1.96. The maximum Gasteiger partial charge on any atom is 0.270 e. The zero-order valence-corrected chi connectivity index (χ0v) is 7.41. The number of benzene rings is 1. The van der Waals surface area contributed by atoms with E-state index in [2.05, 4.69) is 4.74 Å². The summed E-state index contributed by atoms with van der Waals surface area (Å²) >= 11 is 5.44. The van der Waals surface area contributed by atoms with Gasteiger partial charge < -0.3 is 4.74 Å². The zero-order valence-electron chi connectivity index (χ0n) is 6.65. The topological polar surface area (TPSA) is 9.23 Å². The van der Waals surface area contributed by atoms with Crippen molar-refractivity contribution < 1.29 is 17.9 Å². The summed E-state index contributed by atoms with van der Waals surface area (Å²) in [6.45, 7) is 0. The van der Waals surface area contributed by atoms with Gasteiger partial charge in [-0.1, -0.05) is 11.6 Å². The molecule has 1 aromatic rings. The van der Waals surface area contributed by atoms with Crippen LogP contribution < -0.4 is 4.74 Å². The molecule has 1 rings (SSSR count). The van der Waals surface area contributed by atoms with Crippen molar-refractivity contribution in [2.75, 3.05) is 7.11 Å². The lowest BCUT2D eigenvalue weighted by atomic mass is 10.2. The Hall–Kier alpha value is -0.900. The number of hydrogen-bond donors (Lipinski definition) is 0. The van der Waals surface area contributed by atoms with Gasteiger partial charge in [-0.25, -0.2) is 13.2 Å². The third kappa shape index (κ3) is 2.06. The van der Waals surface area contributed by atoms with Crippen LogP contribution in [0.5, 0.6) is 5.75 Å². The molecule has 5 heteroatoms. The Balaban J connectivity index is 3.30. The second-order valence-electron chi connectivity index (χ2n) is 2.30. The average Bonchev–Trinajstić information content (AvgIpc) is 2.01. The first-order chi connectivity index (χ1) is 6.06. The van der Waals surface area contributed by atoms with Gasteiger partial charge >= 0.3 is 0 Å². The van der Waals surface area contributed by atoms with Crippen LogP contribution in [0.4, 0.5) is 13.2 Å². The Morgan fingerprint density at radius 3 is 2.46 bits per heavy atom. The molecule has 0 amide bonds. The van der Waals surface area contributed by atoms with Crippen LogP contribution in [-0.4, -0.2) is 7.11 Å². The predicted octanol–water partition coefficient (Wildman–Crippen LogP) is 3.43. The van der Waals surface area contributed by atoms with Gasteiger partial charge in [0.1, 0.15) is 11.6 Å². The molecule has 0 aromatic heterocycles. The van der Waals surface area contributed by atoms with E-state index in [1.165, 1.54) is 7.11 Å². The number of ether oxygens (including phenoxy) is 1. The highest BCUT2D eigenvalue weighted by Crippen LogP contribution is 2.33. The van der Waals surface area contributed by atoms with Gasteiger partial charge in [0.15, 0.2) is 0 Å². The van der Waals surface area contributed by atoms with Gasteiger partial charge in [-0.2, -0.15) is 0 Å². The van der Waals surface area contributed by atoms with E-state index in [4.69, 9.17) is 11.6 Å². The number of hydrogen-bond acceptors (Lipinski definition) is 1. The second kappa shape index (κ2) is 3.87. The number of methoxy groups -OCH3 is 1. The standard InChI is InChI=1S/C8H6ClF3O/c1-13-6-3-4(9)2-5(10)7(6)8(11)12/h2-3,8H,1H3. The minimum absolute atomic E-state index is 0.0266. The molecule has 0 radical (unpaired) electrons. The third-order valence-electron chi connectivity index (χ3n) is 1.49. The molecule has 0 aliphatic rings. The maximum atomic E-state index is 12.9. The van der Waals surface area contributed by atoms with E-state index in [1.807, 2.05) is 0 Å². The van der Waals surface area contributed by atoms with Crippen LogP contribution in [0.3, 0.4) is 0 Å². The second-order valence-corrected chi connectivity index (χ2v) is 2.74. The first kappa shape index (κ1) is 10.2. The summed E-state index contributed by atoms with van der Waals surface area (Å²) in [5, 5.41) is 0.0266. The van der Waals surface area contributed by atoms with Gasteiger partial charge in [-0.3, -0.25) is 0 Å². The number of rotatable bonds is 2. The van der Waals surface area contributed by atoms with Crippen LogP contribution in [0.15, 0.2) is 12.1 Å². The Kier molecular flexibility index (Phi) is 3.03. The molecule has 0 bridgehead atoms. The molecule has 0 heterocycles. The molecule has 0 spiro atoms. The van der Waals surface area contributed by atoms with Gasteiger partial charge in [0.25, 0.3) is 6.43 Å². The predicted molar refractivity (Wildman–Crippen MR) is 42.9 cm³/mol. The lowest BCUT2D eigenvalue weighted by molar-refractivity contribution is 0.142. The quantitative estimate of drug-likeness (QED) is 0.727. The van der Waals surface area contributed by atoms with E-state index in [1.54, 1.807) is 0 Å². The van der Waals surface area contributed by atoms with Crippen LogP contribution in [0.2, 0.25) is 5.02 Å². The van der Waals surface area contributed by atoms with Crippen molar-refractivity contribution in [3.8, 4) is 5.75 Å². The van der Waals surface area contributed by atoms with Crippen molar-refractivity contribution in [3.05, 3.63) is 28.5 Å². The van der Waals surface area contributed by atoms with Gasteiger partial charge in [0.2, 0.25) is 0 Å². The van der Waals surface area contributed by atoms with E-state index in [9.17, 15) is 13.2 Å². The molecule has 0 aliphatic carbocycles. The molecule has 1 aromatic carbocycles. The van der Waals surface area contributed by atoms with Gasteiger partial charge in [-0.05, 0) is 12.1 Å². The first-order valence-corrected chi connectivity index (χ1v) is 3.75. The van der Waals surface area contributed by atoms with Crippen molar-refractivity contribution in [3.63, 3.8) is 0 Å². The Bertz CT molecular complexity index is 315. The average molecular weight is 211 g/mol. The molecule has 0 atom stereocenters. The molecule has 0 N–H and O–H groups in total. The summed E-state index contributed by atoms with van der Waals surface area (Å²) in [4.78, 5) is 0. The van der Waals surface area contributed by atoms with Gasteiger partial charge in [-0.15, -0.1) is 0 Å². The maximum absolute atomic E-state index is 12.9. The summed E-state index contributed by atoms with van der Waals surface area (Å²) in [5.41, 5.74) is -0.758. The summed E-state index contributed by atoms with van der Waals surface area (Å²) in [7, 11) is 1.18. The van der Waals surface area contributed by atoms with Gasteiger partial charge in [0, 0.05) is 5.02 Å². The van der Waals surface area contributed by atoms with Crippen molar-refractivity contribution in [2.45, 2.75) is 6.43 Å². The smallest absolute Gasteiger partial charge is 0.270 e. The molecule has 0 aliphatic heterocycles. The SMILES string of the molecule is COc1cc(Cl)cc(F)c1C(F)F. The summed E-state index contributed by atoms with van der Waals surface area (Å²) < 4.78 is 42.0. The van der Waals surface area contributed by atoms with Crippen molar-refractivity contribution in [2.24, 2.45) is 0 Å². The van der Waals surface area contributed by atoms with Crippen LogP contribution in [-0.2, 0) is 0 Å². The Labute approximate surface area is 78.1 Å². The third-order valence-corrected chi connectivity index (χ3v) is 1.71. The van der Waals surface area contributed by atoms with E-state index in [-0.39, 0.29) is 10.8 Å². The van der Waals surface area contributed by atoms with Crippen LogP contribution in [0.25, 0.3) is 0 Å². The van der Waals surface area contributed by atoms with E-state index in [0.717, 1.165) is 12.1 Å². The summed E-state index contributed by atoms with van der Waals surface area (Å²) in [6.07, 6.45) is -2.91. The van der Waals surface area contributed by atoms with Crippen molar-refractivity contribution >= 4 is 11.6 Å². The fraction of sp³-hybridized carbons (Fsp3) is 0.250. The van der Waals surface area contributed by atoms with Crippen molar-refractivity contribution in [1.29, 1.82) is 0 Å². The Morgan fingerprint density at radius 2 is 2.00 bits per heavy atom. The molecular weight excluding hydrogens is 205 g/mol. The molecule has 0 fully saturated rings. The van der Waals surface area contributed by atoms with Crippen LogP contribution in [0, 0.1) is 5.82 Å². The molecule has 13 heavy (non-hydrogen) atoms. The van der Waals surface area contributed by atoms with E-state index >= 15 is 0 Å². The van der Waals surface area contributed by atoms with E-state index in [0.29, 0.717) is 0 Å². The number of halogens is 4. The highest BCUT2D eigenvalue weighted by atomic mass is 35.5. The molecular formula is C8H6ClF3O. The molecule has 0 saturated heterocycles. The fourth-order valence-corrected chi connectivity index (χ4v) is 1.14. The van der Waals surface area contributed by atoms with Crippen LogP contribution >= 0.6 is 11.6 Å². The normalized spacial score (nSPS) is 10.6. The highest BCUT2D eigenvalue weighted by molar-refractivity contribution is 6.30. The minimum atomic E-state index is -2.91. The molecule has 0 unspecified atom stereocenters. The van der Waals surface area contributed by atoms with Crippen LogP contribution in [0.1, 0.15) is 12.0 Å². The van der Waals surface area contributed by atoms with Gasteiger partial charge in [0.05, 0.1) is 12.7 Å². The summed E-state index contributed by atoms with van der Waals surface area (Å²) in [6, 6.07) is 1.97. The molecule has 0 saturated carbocycles. The number of alkyl halides is 2. The molecule has 72 valence electrons. The first-order valence-electron chi connectivity index (χ1n) is 3.37.